The van der Waals surface area contributed by atoms with Crippen molar-refractivity contribution in [1.82, 2.24) is 14.5 Å². The number of rotatable bonds is 3. The summed E-state index contributed by atoms with van der Waals surface area (Å²) < 4.78 is 7.45. The Labute approximate surface area is 146 Å². The van der Waals surface area contributed by atoms with Crippen LogP contribution in [0.4, 0.5) is 0 Å². The molecule has 0 bridgehead atoms. The molecule has 0 N–H and O–H groups in total. The zero-order valence-electron chi connectivity index (χ0n) is 14.3. The fourth-order valence-electron chi connectivity index (χ4n) is 3.43. The van der Waals surface area contributed by atoms with Gasteiger partial charge in [0.05, 0.1) is 17.1 Å². The van der Waals surface area contributed by atoms with Crippen LogP contribution in [0.1, 0.15) is 23.2 Å². The van der Waals surface area contributed by atoms with Crippen molar-refractivity contribution in [3.05, 3.63) is 60.4 Å². The number of likely N-dealkylation sites (tertiary alicyclic amines) is 1. The zero-order valence-corrected chi connectivity index (χ0v) is 14.3. The lowest BCUT2D eigenvalue weighted by molar-refractivity contribution is 0.0269. The van der Waals surface area contributed by atoms with Gasteiger partial charge in [-0.05, 0) is 49.2 Å². The highest BCUT2D eigenvalue weighted by atomic mass is 16.5. The van der Waals surface area contributed by atoms with Gasteiger partial charge in [0.25, 0.3) is 5.91 Å². The first-order chi connectivity index (χ1) is 12.3. The van der Waals surface area contributed by atoms with Crippen molar-refractivity contribution in [2.24, 2.45) is 0 Å². The first-order valence-corrected chi connectivity index (χ1v) is 8.61. The number of benzene rings is 2. The number of carbonyl (C=O) groups is 1. The molecule has 1 unspecified atom stereocenters. The SMILES string of the molecule is COC1CCCN(C(=O)c2ccc(-n3cnc4ccccc43)cc2)C1. The van der Waals surface area contributed by atoms with Gasteiger partial charge in [-0.2, -0.15) is 0 Å². The molecule has 4 rings (SSSR count). The Morgan fingerprint density at radius 3 is 2.76 bits per heavy atom. The van der Waals surface area contributed by atoms with Crippen molar-refractivity contribution in [3.63, 3.8) is 0 Å². The van der Waals surface area contributed by atoms with Gasteiger partial charge in [0.15, 0.2) is 0 Å². The summed E-state index contributed by atoms with van der Waals surface area (Å²) in [6.45, 7) is 1.47. The van der Waals surface area contributed by atoms with Crippen molar-refractivity contribution in [2.45, 2.75) is 18.9 Å². The van der Waals surface area contributed by atoms with Crippen molar-refractivity contribution in [3.8, 4) is 5.69 Å². The zero-order chi connectivity index (χ0) is 17.2. The van der Waals surface area contributed by atoms with Crippen LogP contribution in [0, 0.1) is 0 Å². The lowest BCUT2D eigenvalue weighted by Crippen LogP contribution is -2.42. The minimum atomic E-state index is 0.0730. The highest BCUT2D eigenvalue weighted by Crippen LogP contribution is 2.20. The molecule has 1 aromatic heterocycles. The molecule has 1 amide bonds. The number of hydrogen-bond donors (Lipinski definition) is 0. The van der Waals surface area contributed by atoms with Crippen LogP contribution < -0.4 is 0 Å². The van der Waals surface area contributed by atoms with Crippen molar-refractivity contribution in [1.29, 1.82) is 0 Å². The number of aromatic nitrogens is 2. The van der Waals surface area contributed by atoms with Crippen LogP contribution in [-0.2, 0) is 4.74 Å². The summed E-state index contributed by atoms with van der Waals surface area (Å²) in [7, 11) is 1.71. The number of amides is 1. The van der Waals surface area contributed by atoms with Crippen LogP contribution in [0.2, 0.25) is 0 Å². The molecule has 5 nitrogen and oxygen atoms in total. The molecular weight excluding hydrogens is 314 g/mol. The smallest absolute Gasteiger partial charge is 0.253 e. The Balaban J connectivity index is 1.56. The molecule has 25 heavy (non-hydrogen) atoms. The molecule has 5 heteroatoms. The Hall–Kier alpha value is -2.66. The van der Waals surface area contributed by atoms with Crippen LogP contribution in [-0.4, -0.2) is 46.7 Å². The van der Waals surface area contributed by atoms with E-state index < -0.39 is 0 Å². The lowest BCUT2D eigenvalue weighted by Gasteiger charge is -2.32. The number of imidazole rings is 1. The molecule has 1 fully saturated rings. The van der Waals surface area contributed by atoms with Crippen LogP contribution in [0.5, 0.6) is 0 Å². The molecule has 128 valence electrons. The van der Waals surface area contributed by atoms with Gasteiger partial charge in [-0.15, -0.1) is 0 Å². The Morgan fingerprint density at radius 1 is 1.16 bits per heavy atom. The fourth-order valence-corrected chi connectivity index (χ4v) is 3.43. The van der Waals surface area contributed by atoms with E-state index in [-0.39, 0.29) is 12.0 Å². The molecule has 0 saturated carbocycles. The third-order valence-corrected chi connectivity index (χ3v) is 4.84. The molecule has 0 aliphatic carbocycles. The summed E-state index contributed by atoms with van der Waals surface area (Å²) >= 11 is 0. The van der Waals surface area contributed by atoms with Crippen molar-refractivity contribution < 1.29 is 9.53 Å². The van der Waals surface area contributed by atoms with E-state index in [4.69, 9.17) is 4.74 Å². The van der Waals surface area contributed by atoms with Crippen LogP contribution >= 0.6 is 0 Å². The molecule has 1 saturated heterocycles. The van der Waals surface area contributed by atoms with Crippen molar-refractivity contribution >= 4 is 16.9 Å². The molecule has 1 aliphatic rings. The molecule has 0 radical (unpaired) electrons. The highest BCUT2D eigenvalue weighted by molar-refractivity contribution is 5.94. The molecule has 1 aliphatic heterocycles. The summed E-state index contributed by atoms with van der Waals surface area (Å²) in [5.74, 6) is 0.0730. The Morgan fingerprint density at radius 2 is 1.96 bits per heavy atom. The van der Waals surface area contributed by atoms with Gasteiger partial charge in [-0.25, -0.2) is 4.98 Å². The van der Waals surface area contributed by atoms with Gasteiger partial charge < -0.3 is 9.64 Å². The average molecular weight is 335 g/mol. The van der Waals surface area contributed by atoms with Crippen LogP contribution in [0.25, 0.3) is 16.7 Å². The number of para-hydroxylation sites is 2. The highest BCUT2D eigenvalue weighted by Gasteiger charge is 2.24. The second-order valence-corrected chi connectivity index (χ2v) is 6.40. The second kappa shape index (κ2) is 6.69. The molecule has 2 aromatic carbocycles. The first kappa shape index (κ1) is 15.8. The van der Waals surface area contributed by atoms with Gasteiger partial charge >= 0.3 is 0 Å². The minimum Gasteiger partial charge on any atom is -0.380 e. The van der Waals surface area contributed by atoms with E-state index >= 15 is 0 Å². The first-order valence-electron chi connectivity index (χ1n) is 8.61. The fraction of sp³-hybridized carbons (Fsp3) is 0.300. The number of hydrogen-bond acceptors (Lipinski definition) is 3. The van der Waals surface area contributed by atoms with Crippen LogP contribution in [0.3, 0.4) is 0 Å². The number of methoxy groups -OCH3 is 1. The van der Waals surface area contributed by atoms with Gasteiger partial charge in [0, 0.05) is 31.5 Å². The Kier molecular flexibility index (Phi) is 4.24. The van der Waals surface area contributed by atoms with E-state index in [0.717, 1.165) is 36.1 Å². The predicted molar refractivity (Wildman–Crippen MR) is 97.0 cm³/mol. The maximum absolute atomic E-state index is 12.7. The van der Waals surface area contributed by atoms with Gasteiger partial charge in [0.2, 0.25) is 0 Å². The summed E-state index contributed by atoms with van der Waals surface area (Å²) in [5, 5.41) is 0. The minimum absolute atomic E-state index is 0.0730. The van der Waals surface area contributed by atoms with E-state index in [1.54, 1.807) is 7.11 Å². The summed E-state index contributed by atoms with van der Waals surface area (Å²) in [6, 6.07) is 15.7. The molecule has 1 atom stereocenters. The number of fused-ring (bicyclic) bond motifs is 1. The normalized spacial score (nSPS) is 17.8. The lowest BCUT2D eigenvalue weighted by atomic mass is 10.1. The number of carbonyl (C=O) groups excluding carboxylic acids is 1. The van der Waals surface area contributed by atoms with Crippen LogP contribution in [0.15, 0.2) is 54.9 Å². The maximum Gasteiger partial charge on any atom is 0.253 e. The number of piperidine rings is 1. The third-order valence-electron chi connectivity index (χ3n) is 4.84. The number of nitrogens with zero attached hydrogens (tertiary/aromatic N) is 3. The predicted octanol–water partition coefficient (Wildman–Crippen LogP) is 3.28. The Bertz CT molecular complexity index is 885. The molecule has 2 heterocycles. The quantitative estimate of drug-likeness (QED) is 0.738. The van der Waals surface area contributed by atoms with Gasteiger partial charge in [-0.1, -0.05) is 12.1 Å². The largest absolute Gasteiger partial charge is 0.380 e. The van der Waals surface area contributed by atoms with Gasteiger partial charge in [-0.3, -0.25) is 9.36 Å². The van der Waals surface area contributed by atoms with E-state index in [1.807, 2.05) is 64.3 Å². The third kappa shape index (κ3) is 3.03. The monoisotopic (exact) mass is 335 g/mol. The molecule has 0 spiro atoms. The topological polar surface area (TPSA) is 47.4 Å². The molecular formula is C20H21N3O2. The maximum atomic E-state index is 12.7. The number of ether oxygens (including phenoxy) is 1. The van der Waals surface area contributed by atoms with E-state index in [0.29, 0.717) is 12.1 Å². The van der Waals surface area contributed by atoms with E-state index in [9.17, 15) is 4.79 Å². The second-order valence-electron chi connectivity index (χ2n) is 6.40. The summed E-state index contributed by atoms with van der Waals surface area (Å²) in [6.07, 6.45) is 3.97. The average Bonchev–Trinajstić information content (AvgIpc) is 3.12. The van der Waals surface area contributed by atoms with E-state index in [1.165, 1.54) is 0 Å². The summed E-state index contributed by atoms with van der Waals surface area (Å²) in [4.78, 5) is 19.0. The summed E-state index contributed by atoms with van der Waals surface area (Å²) in [5.41, 5.74) is 3.73. The van der Waals surface area contributed by atoms with E-state index in [2.05, 4.69) is 4.98 Å². The van der Waals surface area contributed by atoms with Crippen molar-refractivity contribution in [2.75, 3.05) is 20.2 Å². The van der Waals surface area contributed by atoms with Gasteiger partial charge in [0.1, 0.15) is 6.33 Å². The standard InChI is InChI=1S/C20H21N3O2/c1-25-17-5-4-12-22(13-17)20(24)15-8-10-16(11-9-15)23-14-21-18-6-2-3-7-19(18)23/h2-3,6-11,14,17H,4-5,12-13H2,1H3. The molecule has 3 aromatic rings.